The number of nitrogens with zero attached hydrogens (tertiary/aromatic N) is 1. The number of aromatic nitrogens is 1. The summed E-state index contributed by atoms with van der Waals surface area (Å²) < 4.78 is 10.9. The van der Waals surface area contributed by atoms with Gasteiger partial charge in [-0.15, -0.1) is 0 Å². The summed E-state index contributed by atoms with van der Waals surface area (Å²) in [5.74, 6) is 0.947. The lowest BCUT2D eigenvalue weighted by Crippen LogP contribution is -2.24. The maximum atomic E-state index is 12.5. The average Bonchev–Trinajstić information content (AvgIpc) is 3.01. The van der Waals surface area contributed by atoms with Crippen molar-refractivity contribution in [3.05, 3.63) is 81.7 Å². The van der Waals surface area contributed by atoms with Crippen LogP contribution in [0.3, 0.4) is 0 Å². The molecule has 26 heavy (non-hydrogen) atoms. The van der Waals surface area contributed by atoms with Crippen LogP contribution in [-0.4, -0.2) is 11.1 Å². The van der Waals surface area contributed by atoms with E-state index in [0.29, 0.717) is 22.9 Å². The third-order valence-corrected chi connectivity index (χ3v) is 4.37. The van der Waals surface area contributed by atoms with Crippen LogP contribution in [0, 0.1) is 13.8 Å². The van der Waals surface area contributed by atoms with E-state index < -0.39 is 0 Å². The van der Waals surface area contributed by atoms with E-state index in [1.54, 1.807) is 13.0 Å². The minimum absolute atomic E-state index is 0.202. The number of hydrogen-bond donors (Lipinski definition) is 1. The first-order valence-corrected chi connectivity index (χ1v) is 8.58. The molecule has 0 aliphatic heterocycles. The van der Waals surface area contributed by atoms with Gasteiger partial charge in [-0.1, -0.05) is 52.7 Å². The molecule has 0 spiro atoms. The van der Waals surface area contributed by atoms with Crippen molar-refractivity contribution in [2.75, 3.05) is 0 Å². The second-order valence-electron chi connectivity index (χ2n) is 5.94. The van der Waals surface area contributed by atoms with Gasteiger partial charge >= 0.3 is 0 Å². The number of nitrogens with one attached hydrogen (secondary N) is 1. The molecule has 0 atom stereocenters. The van der Waals surface area contributed by atoms with Crippen molar-refractivity contribution < 1.29 is 14.1 Å². The molecule has 0 aliphatic rings. The molecule has 0 saturated carbocycles. The van der Waals surface area contributed by atoms with Gasteiger partial charge in [-0.05, 0) is 37.6 Å². The molecule has 1 amide bonds. The fourth-order valence-electron chi connectivity index (χ4n) is 2.43. The zero-order valence-corrected chi connectivity index (χ0v) is 15.3. The molecule has 134 valence electrons. The average molecular weight is 371 g/mol. The number of benzene rings is 2. The molecule has 0 unspecified atom stereocenters. The van der Waals surface area contributed by atoms with Crippen LogP contribution in [0.5, 0.6) is 5.75 Å². The molecule has 3 rings (SSSR count). The smallest absolute Gasteiger partial charge is 0.274 e. The molecule has 0 radical (unpaired) electrons. The van der Waals surface area contributed by atoms with E-state index in [-0.39, 0.29) is 18.2 Å². The van der Waals surface area contributed by atoms with Crippen molar-refractivity contribution in [3.8, 4) is 5.75 Å². The highest BCUT2D eigenvalue weighted by molar-refractivity contribution is 6.31. The Kier molecular flexibility index (Phi) is 5.58. The predicted octanol–water partition coefficient (Wildman–Crippen LogP) is 4.45. The van der Waals surface area contributed by atoms with Crippen molar-refractivity contribution in [2.24, 2.45) is 0 Å². The fourth-order valence-corrected chi connectivity index (χ4v) is 2.63. The lowest BCUT2D eigenvalue weighted by atomic mass is 10.2. The Hall–Kier alpha value is -2.79. The zero-order chi connectivity index (χ0) is 18.5. The SMILES string of the molecule is Cc1ccc(OCc2c(C(=O)NCc3ccccc3Cl)noc2C)cc1. The van der Waals surface area contributed by atoms with Gasteiger partial charge in [0.1, 0.15) is 18.1 Å². The van der Waals surface area contributed by atoms with Gasteiger partial charge in [-0.25, -0.2) is 0 Å². The Bertz CT molecular complexity index is 904. The van der Waals surface area contributed by atoms with Gasteiger partial charge in [-0.3, -0.25) is 4.79 Å². The molecule has 1 heterocycles. The number of rotatable bonds is 6. The van der Waals surface area contributed by atoms with Gasteiger partial charge < -0.3 is 14.6 Å². The predicted molar refractivity (Wildman–Crippen MR) is 99.4 cm³/mol. The van der Waals surface area contributed by atoms with E-state index in [1.807, 2.05) is 49.4 Å². The van der Waals surface area contributed by atoms with Gasteiger partial charge in [0.15, 0.2) is 5.69 Å². The van der Waals surface area contributed by atoms with Crippen LogP contribution in [0.15, 0.2) is 53.1 Å². The molecule has 0 bridgehead atoms. The summed E-state index contributed by atoms with van der Waals surface area (Å²) in [4.78, 5) is 12.5. The van der Waals surface area contributed by atoms with Crippen LogP contribution in [0.4, 0.5) is 0 Å². The van der Waals surface area contributed by atoms with Crippen LogP contribution in [0.25, 0.3) is 0 Å². The molecule has 0 fully saturated rings. The maximum Gasteiger partial charge on any atom is 0.274 e. The second-order valence-corrected chi connectivity index (χ2v) is 6.35. The van der Waals surface area contributed by atoms with E-state index >= 15 is 0 Å². The van der Waals surface area contributed by atoms with Crippen molar-refractivity contribution in [2.45, 2.75) is 27.0 Å². The third-order valence-electron chi connectivity index (χ3n) is 4.00. The molecular weight excluding hydrogens is 352 g/mol. The molecule has 6 heteroatoms. The largest absolute Gasteiger partial charge is 0.489 e. The second kappa shape index (κ2) is 8.06. The maximum absolute atomic E-state index is 12.5. The highest BCUT2D eigenvalue weighted by Crippen LogP contribution is 2.19. The Morgan fingerprint density at radius 3 is 2.62 bits per heavy atom. The van der Waals surface area contributed by atoms with E-state index in [2.05, 4.69) is 10.5 Å². The van der Waals surface area contributed by atoms with Crippen LogP contribution in [-0.2, 0) is 13.2 Å². The van der Waals surface area contributed by atoms with Crippen molar-refractivity contribution in [1.82, 2.24) is 10.5 Å². The third kappa shape index (κ3) is 4.24. The van der Waals surface area contributed by atoms with Gasteiger partial charge in [0.2, 0.25) is 0 Å². The van der Waals surface area contributed by atoms with E-state index in [0.717, 1.165) is 16.9 Å². The van der Waals surface area contributed by atoms with E-state index in [1.165, 1.54) is 0 Å². The molecule has 2 aromatic carbocycles. The molecule has 1 N–H and O–H groups in total. The van der Waals surface area contributed by atoms with Gasteiger partial charge in [0, 0.05) is 11.6 Å². The normalized spacial score (nSPS) is 10.6. The Morgan fingerprint density at radius 2 is 1.88 bits per heavy atom. The molecule has 1 aromatic heterocycles. The summed E-state index contributed by atoms with van der Waals surface area (Å²) >= 11 is 6.11. The highest BCUT2D eigenvalue weighted by Gasteiger charge is 2.20. The molecule has 0 aliphatic carbocycles. The van der Waals surface area contributed by atoms with Crippen molar-refractivity contribution in [1.29, 1.82) is 0 Å². The first-order valence-electron chi connectivity index (χ1n) is 8.21. The lowest BCUT2D eigenvalue weighted by molar-refractivity contribution is 0.0939. The monoisotopic (exact) mass is 370 g/mol. The Balaban J connectivity index is 1.67. The molecule has 3 aromatic rings. The summed E-state index contributed by atoms with van der Waals surface area (Å²) in [7, 11) is 0. The highest BCUT2D eigenvalue weighted by atomic mass is 35.5. The van der Waals surface area contributed by atoms with Gasteiger partial charge in [0.05, 0.1) is 5.56 Å². The number of carbonyl (C=O) groups excluding carboxylic acids is 1. The topological polar surface area (TPSA) is 64.4 Å². The van der Waals surface area contributed by atoms with Crippen LogP contribution >= 0.6 is 11.6 Å². The summed E-state index contributed by atoms with van der Waals surface area (Å²) in [5.41, 5.74) is 2.84. The summed E-state index contributed by atoms with van der Waals surface area (Å²) in [6.07, 6.45) is 0. The van der Waals surface area contributed by atoms with Gasteiger partial charge in [-0.2, -0.15) is 0 Å². The number of ether oxygens (including phenoxy) is 1. The quantitative estimate of drug-likeness (QED) is 0.696. The zero-order valence-electron chi connectivity index (χ0n) is 14.6. The van der Waals surface area contributed by atoms with Crippen molar-refractivity contribution in [3.63, 3.8) is 0 Å². The lowest BCUT2D eigenvalue weighted by Gasteiger charge is -2.08. The standard InChI is InChI=1S/C20H19ClN2O3/c1-13-7-9-16(10-8-13)25-12-17-14(2)26-23-19(17)20(24)22-11-15-5-3-4-6-18(15)21/h3-10H,11-12H2,1-2H3,(H,22,24). The van der Waals surface area contributed by atoms with Crippen LogP contribution in [0.1, 0.15) is 32.9 Å². The molecular formula is C20H19ClN2O3. The number of hydrogen-bond acceptors (Lipinski definition) is 4. The van der Waals surface area contributed by atoms with Crippen LogP contribution in [0.2, 0.25) is 5.02 Å². The van der Waals surface area contributed by atoms with Crippen molar-refractivity contribution >= 4 is 17.5 Å². The minimum atomic E-state index is -0.329. The number of amides is 1. The fraction of sp³-hybridized carbons (Fsp3) is 0.200. The number of aryl methyl sites for hydroxylation is 2. The summed E-state index contributed by atoms with van der Waals surface area (Å²) in [6.45, 7) is 4.27. The Labute approximate surface area is 156 Å². The Morgan fingerprint density at radius 1 is 1.15 bits per heavy atom. The minimum Gasteiger partial charge on any atom is -0.489 e. The van der Waals surface area contributed by atoms with E-state index in [9.17, 15) is 4.79 Å². The number of carbonyl (C=O) groups is 1. The van der Waals surface area contributed by atoms with E-state index in [4.69, 9.17) is 20.9 Å². The number of halogens is 1. The first kappa shape index (κ1) is 18.0. The first-order chi connectivity index (χ1) is 12.5. The molecule has 5 nitrogen and oxygen atoms in total. The molecule has 0 saturated heterocycles. The van der Waals surface area contributed by atoms with Gasteiger partial charge in [0.25, 0.3) is 5.91 Å². The summed E-state index contributed by atoms with van der Waals surface area (Å²) in [6, 6.07) is 15.1. The van der Waals surface area contributed by atoms with Crippen LogP contribution < -0.4 is 10.1 Å². The summed E-state index contributed by atoms with van der Waals surface area (Å²) in [5, 5.41) is 7.29.